The number of hydrogen-bond acceptors (Lipinski definition) is 5. The van der Waals surface area contributed by atoms with E-state index in [1.54, 1.807) is 11.3 Å². The number of anilines is 1. The summed E-state index contributed by atoms with van der Waals surface area (Å²) in [6, 6.07) is 8.39. The average Bonchev–Trinajstić information content (AvgIpc) is 2.96. The second kappa shape index (κ2) is 4.19. The fourth-order valence-electron chi connectivity index (χ4n) is 1.56. The third kappa shape index (κ3) is 1.79. The van der Waals surface area contributed by atoms with Crippen molar-refractivity contribution in [3.05, 3.63) is 40.7 Å². The van der Waals surface area contributed by atoms with Crippen molar-refractivity contribution in [1.29, 1.82) is 0 Å². The molecule has 5 heteroatoms. The maximum atomic E-state index is 4.01. The average molecular weight is 247 g/mol. The molecule has 16 heavy (non-hydrogen) atoms. The highest BCUT2D eigenvalue weighted by atomic mass is 32.1. The van der Waals surface area contributed by atoms with Gasteiger partial charge in [0.2, 0.25) is 0 Å². The van der Waals surface area contributed by atoms with Crippen LogP contribution in [-0.4, -0.2) is 9.59 Å². The van der Waals surface area contributed by atoms with Crippen LogP contribution in [0.2, 0.25) is 0 Å². The second-order valence-corrected chi connectivity index (χ2v) is 4.92. The van der Waals surface area contributed by atoms with Gasteiger partial charge in [-0.15, -0.1) is 16.4 Å². The van der Waals surface area contributed by atoms with E-state index in [1.807, 2.05) is 5.38 Å². The van der Waals surface area contributed by atoms with Crippen molar-refractivity contribution < 1.29 is 0 Å². The molecule has 0 unspecified atom stereocenters. The molecule has 0 aliphatic carbocycles. The molecule has 0 aliphatic rings. The predicted molar refractivity (Wildman–Crippen MR) is 69.1 cm³/mol. The van der Waals surface area contributed by atoms with E-state index >= 15 is 0 Å². The van der Waals surface area contributed by atoms with Crippen LogP contribution in [-0.2, 0) is 6.54 Å². The SMILES string of the molecule is c1ccc2c(NCc3csnn3)csc2c1. The van der Waals surface area contributed by atoms with Crippen molar-refractivity contribution in [2.45, 2.75) is 6.54 Å². The van der Waals surface area contributed by atoms with Crippen molar-refractivity contribution in [3.8, 4) is 0 Å². The minimum absolute atomic E-state index is 0.733. The molecule has 0 spiro atoms. The summed E-state index contributed by atoms with van der Waals surface area (Å²) in [5, 5.41) is 12.8. The highest BCUT2D eigenvalue weighted by Crippen LogP contribution is 2.29. The lowest BCUT2D eigenvalue weighted by Gasteiger charge is -2.01. The van der Waals surface area contributed by atoms with Gasteiger partial charge in [0.15, 0.2) is 0 Å². The number of rotatable bonds is 3. The normalized spacial score (nSPS) is 10.8. The molecule has 3 nitrogen and oxygen atoms in total. The molecular formula is C11H9N3S2. The Morgan fingerprint density at radius 2 is 2.12 bits per heavy atom. The van der Waals surface area contributed by atoms with Gasteiger partial charge in [-0.2, -0.15) is 0 Å². The second-order valence-electron chi connectivity index (χ2n) is 3.40. The molecule has 0 aliphatic heterocycles. The van der Waals surface area contributed by atoms with Crippen LogP contribution in [0.1, 0.15) is 5.69 Å². The van der Waals surface area contributed by atoms with Crippen LogP contribution < -0.4 is 5.32 Å². The Bertz CT molecular complexity index is 586. The molecule has 0 saturated heterocycles. The van der Waals surface area contributed by atoms with Gasteiger partial charge in [-0.05, 0) is 17.6 Å². The Balaban J connectivity index is 1.84. The molecule has 2 aromatic heterocycles. The summed E-state index contributed by atoms with van der Waals surface area (Å²) in [6.07, 6.45) is 0. The fourth-order valence-corrected chi connectivity index (χ4v) is 2.93. The molecule has 2 heterocycles. The lowest BCUT2D eigenvalue weighted by atomic mass is 10.2. The summed E-state index contributed by atoms with van der Waals surface area (Å²) < 4.78 is 5.15. The summed E-state index contributed by atoms with van der Waals surface area (Å²) in [5.74, 6) is 0. The number of aromatic nitrogens is 2. The number of nitrogens with one attached hydrogen (secondary N) is 1. The maximum absolute atomic E-state index is 4.01. The Morgan fingerprint density at radius 3 is 3.00 bits per heavy atom. The topological polar surface area (TPSA) is 37.8 Å². The minimum atomic E-state index is 0.733. The summed E-state index contributed by atoms with van der Waals surface area (Å²) in [7, 11) is 0. The van der Waals surface area contributed by atoms with Crippen molar-refractivity contribution in [3.63, 3.8) is 0 Å². The molecule has 0 atom stereocenters. The summed E-state index contributed by atoms with van der Waals surface area (Å²) in [4.78, 5) is 0. The van der Waals surface area contributed by atoms with Gasteiger partial charge >= 0.3 is 0 Å². The quantitative estimate of drug-likeness (QED) is 0.771. The van der Waals surface area contributed by atoms with E-state index in [1.165, 1.54) is 27.3 Å². The van der Waals surface area contributed by atoms with Gasteiger partial charge in [-0.3, -0.25) is 0 Å². The molecule has 1 aromatic carbocycles. The van der Waals surface area contributed by atoms with Gasteiger partial charge < -0.3 is 5.32 Å². The molecule has 0 fully saturated rings. The molecule has 0 saturated carbocycles. The highest BCUT2D eigenvalue weighted by Gasteiger charge is 2.03. The minimum Gasteiger partial charge on any atom is -0.378 e. The largest absolute Gasteiger partial charge is 0.378 e. The van der Waals surface area contributed by atoms with E-state index in [4.69, 9.17) is 0 Å². The zero-order valence-corrected chi connectivity index (χ0v) is 10.0. The highest BCUT2D eigenvalue weighted by molar-refractivity contribution is 7.17. The molecule has 3 rings (SSSR count). The summed E-state index contributed by atoms with van der Waals surface area (Å²) >= 11 is 3.14. The number of benzene rings is 1. The molecule has 80 valence electrons. The van der Waals surface area contributed by atoms with Gasteiger partial charge in [-0.1, -0.05) is 22.7 Å². The number of hydrogen-bond donors (Lipinski definition) is 1. The van der Waals surface area contributed by atoms with Gasteiger partial charge in [0.25, 0.3) is 0 Å². The zero-order valence-electron chi connectivity index (χ0n) is 8.38. The van der Waals surface area contributed by atoms with Crippen molar-refractivity contribution in [2.75, 3.05) is 5.32 Å². The van der Waals surface area contributed by atoms with Crippen LogP contribution in [0.5, 0.6) is 0 Å². The van der Waals surface area contributed by atoms with E-state index in [2.05, 4.69) is 44.5 Å². The Labute approximate surface area is 101 Å². The zero-order chi connectivity index (χ0) is 10.8. The Kier molecular flexibility index (Phi) is 2.55. The smallest absolute Gasteiger partial charge is 0.0946 e. The lowest BCUT2D eigenvalue weighted by molar-refractivity contribution is 1.00. The maximum Gasteiger partial charge on any atom is 0.0946 e. The van der Waals surface area contributed by atoms with Crippen LogP contribution in [0.25, 0.3) is 10.1 Å². The first-order valence-electron chi connectivity index (χ1n) is 4.89. The van der Waals surface area contributed by atoms with Crippen LogP contribution in [0.4, 0.5) is 5.69 Å². The van der Waals surface area contributed by atoms with Crippen LogP contribution in [0.3, 0.4) is 0 Å². The van der Waals surface area contributed by atoms with Crippen LogP contribution in [0.15, 0.2) is 35.0 Å². The molecule has 0 bridgehead atoms. The standard InChI is InChI=1S/C11H9N3S2/c1-2-4-11-9(3-1)10(7-15-11)12-5-8-6-16-14-13-8/h1-4,6-7,12H,5H2. The predicted octanol–water partition coefficient (Wildman–Crippen LogP) is 3.36. The van der Waals surface area contributed by atoms with Crippen LogP contribution >= 0.6 is 22.9 Å². The third-order valence-electron chi connectivity index (χ3n) is 2.35. The number of fused-ring (bicyclic) bond motifs is 1. The monoisotopic (exact) mass is 247 g/mol. The fraction of sp³-hybridized carbons (Fsp3) is 0.0909. The third-order valence-corrected chi connectivity index (χ3v) is 3.86. The summed E-state index contributed by atoms with van der Waals surface area (Å²) in [6.45, 7) is 0.733. The molecule has 3 aromatic rings. The van der Waals surface area contributed by atoms with Crippen molar-refractivity contribution in [2.24, 2.45) is 0 Å². The van der Waals surface area contributed by atoms with Crippen molar-refractivity contribution in [1.82, 2.24) is 9.59 Å². The lowest BCUT2D eigenvalue weighted by Crippen LogP contribution is -1.98. The van der Waals surface area contributed by atoms with Crippen LogP contribution in [0, 0.1) is 0 Å². The van der Waals surface area contributed by atoms with E-state index in [9.17, 15) is 0 Å². The van der Waals surface area contributed by atoms with Gasteiger partial charge in [0, 0.05) is 20.8 Å². The number of thiophene rings is 1. The molecule has 0 radical (unpaired) electrons. The first-order valence-corrected chi connectivity index (χ1v) is 6.61. The number of nitrogens with zero attached hydrogens (tertiary/aromatic N) is 2. The molecular weight excluding hydrogens is 238 g/mol. The van der Waals surface area contributed by atoms with Gasteiger partial charge in [-0.25, -0.2) is 0 Å². The van der Waals surface area contributed by atoms with Gasteiger partial charge in [0.05, 0.1) is 17.9 Å². The van der Waals surface area contributed by atoms with E-state index in [0.29, 0.717) is 0 Å². The Hall–Kier alpha value is -1.46. The first-order chi connectivity index (χ1) is 7.93. The van der Waals surface area contributed by atoms with Gasteiger partial charge in [0.1, 0.15) is 0 Å². The Morgan fingerprint density at radius 1 is 1.19 bits per heavy atom. The molecule has 0 amide bonds. The summed E-state index contributed by atoms with van der Waals surface area (Å²) in [5.41, 5.74) is 2.16. The van der Waals surface area contributed by atoms with E-state index < -0.39 is 0 Å². The first kappa shape index (κ1) is 9.74. The van der Waals surface area contributed by atoms with E-state index in [0.717, 1.165) is 12.2 Å². The molecule has 1 N–H and O–H groups in total. The van der Waals surface area contributed by atoms with Crippen molar-refractivity contribution >= 4 is 38.6 Å². The van der Waals surface area contributed by atoms with E-state index in [-0.39, 0.29) is 0 Å².